The van der Waals surface area contributed by atoms with Gasteiger partial charge in [-0.1, -0.05) is 20.8 Å². The summed E-state index contributed by atoms with van der Waals surface area (Å²) in [7, 11) is 0. The molecule has 0 aromatic carbocycles. The second-order valence-corrected chi connectivity index (χ2v) is 8.19. The lowest BCUT2D eigenvalue weighted by molar-refractivity contribution is -0.126. The summed E-state index contributed by atoms with van der Waals surface area (Å²) in [5.41, 5.74) is 0.399. The van der Waals surface area contributed by atoms with E-state index in [9.17, 15) is 4.79 Å². The maximum Gasteiger partial charge on any atom is 0.223 e. The zero-order valence-corrected chi connectivity index (χ0v) is 14.2. The highest BCUT2D eigenvalue weighted by Gasteiger charge is 2.32. The molecule has 1 aliphatic heterocycles. The van der Waals surface area contributed by atoms with E-state index in [4.69, 9.17) is 0 Å². The lowest BCUT2D eigenvalue weighted by Gasteiger charge is -2.36. The van der Waals surface area contributed by atoms with E-state index in [-0.39, 0.29) is 5.92 Å². The molecule has 0 aromatic rings. The van der Waals surface area contributed by atoms with E-state index in [1.54, 1.807) is 0 Å². The standard InChI is InChI=1S/C18H34N2O/c1-18(2,3)16-6-4-15(5-7-16)17(21)20-13-10-14-8-11-19-12-9-14/h14-16,19H,4-13H2,1-3H3,(H,20,21). The zero-order chi connectivity index (χ0) is 15.3. The fourth-order valence-corrected chi connectivity index (χ4v) is 3.94. The van der Waals surface area contributed by atoms with Gasteiger partial charge in [-0.05, 0) is 75.3 Å². The summed E-state index contributed by atoms with van der Waals surface area (Å²) in [4.78, 5) is 12.3. The fourth-order valence-electron chi connectivity index (χ4n) is 3.94. The average Bonchev–Trinajstić information content (AvgIpc) is 2.47. The van der Waals surface area contributed by atoms with Crippen LogP contribution in [0.1, 0.15) is 65.7 Å². The van der Waals surface area contributed by atoms with Crippen molar-refractivity contribution in [1.29, 1.82) is 0 Å². The first-order valence-electron chi connectivity index (χ1n) is 8.95. The van der Waals surface area contributed by atoms with Crippen LogP contribution in [0.5, 0.6) is 0 Å². The molecule has 21 heavy (non-hydrogen) atoms. The molecular formula is C18H34N2O. The third-order valence-electron chi connectivity index (χ3n) is 5.63. The topological polar surface area (TPSA) is 41.1 Å². The molecule has 2 rings (SSSR count). The Bertz CT molecular complexity index is 321. The summed E-state index contributed by atoms with van der Waals surface area (Å²) in [6.45, 7) is 10.2. The molecule has 2 N–H and O–H groups in total. The van der Waals surface area contributed by atoms with E-state index in [1.165, 1.54) is 25.7 Å². The molecule has 122 valence electrons. The highest BCUT2D eigenvalue weighted by Crippen LogP contribution is 2.39. The van der Waals surface area contributed by atoms with Crippen molar-refractivity contribution in [2.45, 2.75) is 65.7 Å². The Kier molecular flexibility index (Phi) is 6.09. The van der Waals surface area contributed by atoms with Crippen molar-refractivity contribution < 1.29 is 4.79 Å². The number of rotatable bonds is 4. The molecule has 1 heterocycles. The summed E-state index contributed by atoms with van der Waals surface area (Å²) in [5.74, 6) is 2.19. The van der Waals surface area contributed by atoms with E-state index < -0.39 is 0 Å². The van der Waals surface area contributed by atoms with Crippen LogP contribution < -0.4 is 10.6 Å². The van der Waals surface area contributed by atoms with Crippen molar-refractivity contribution in [2.24, 2.45) is 23.2 Å². The normalized spacial score (nSPS) is 28.3. The maximum atomic E-state index is 12.3. The van der Waals surface area contributed by atoms with Crippen LogP contribution in [-0.4, -0.2) is 25.5 Å². The zero-order valence-electron chi connectivity index (χ0n) is 14.2. The van der Waals surface area contributed by atoms with Crippen LogP contribution >= 0.6 is 0 Å². The van der Waals surface area contributed by atoms with Gasteiger partial charge in [0.15, 0.2) is 0 Å². The van der Waals surface area contributed by atoms with Gasteiger partial charge < -0.3 is 10.6 Å². The lowest BCUT2D eigenvalue weighted by Crippen LogP contribution is -2.37. The second kappa shape index (κ2) is 7.62. The summed E-state index contributed by atoms with van der Waals surface area (Å²) < 4.78 is 0. The van der Waals surface area contributed by atoms with E-state index in [0.29, 0.717) is 11.3 Å². The molecule has 2 fully saturated rings. The number of nitrogens with one attached hydrogen (secondary N) is 2. The van der Waals surface area contributed by atoms with Crippen molar-refractivity contribution in [1.82, 2.24) is 10.6 Å². The van der Waals surface area contributed by atoms with Gasteiger partial charge in [-0.25, -0.2) is 0 Å². The minimum atomic E-state index is 0.275. The van der Waals surface area contributed by atoms with E-state index >= 15 is 0 Å². The largest absolute Gasteiger partial charge is 0.356 e. The van der Waals surface area contributed by atoms with Gasteiger partial charge in [0.25, 0.3) is 0 Å². The van der Waals surface area contributed by atoms with Crippen LogP contribution in [0, 0.1) is 23.2 Å². The molecule has 0 unspecified atom stereocenters. The van der Waals surface area contributed by atoms with Crippen molar-refractivity contribution >= 4 is 5.91 Å². The van der Waals surface area contributed by atoms with Crippen molar-refractivity contribution in [3.8, 4) is 0 Å². The predicted molar refractivity (Wildman–Crippen MR) is 88.1 cm³/mol. The molecule has 1 aliphatic carbocycles. The Morgan fingerprint density at radius 2 is 1.67 bits per heavy atom. The molecular weight excluding hydrogens is 260 g/mol. The number of amides is 1. The Morgan fingerprint density at radius 3 is 2.24 bits per heavy atom. The summed E-state index contributed by atoms with van der Waals surface area (Å²) in [6.07, 6.45) is 8.30. The molecule has 0 radical (unpaired) electrons. The Labute approximate surface area is 130 Å². The van der Waals surface area contributed by atoms with Crippen LogP contribution in [0.15, 0.2) is 0 Å². The molecule has 2 aliphatic rings. The minimum absolute atomic E-state index is 0.275. The van der Waals surface area contributed by atoms with Gasteiger partial charge in [-0.2, -0.15) is 0 Å². The SMILES string of the molecule is CC(C)(C)C1CCC(C(=O)NCCC2CCNCC2)CC1. The third kappa shape index (κ3) is 5.28. The van der Waals surface area contributed by atoms with Crippen molar-refractivity contribution in [3.63, 3.8) is 0 Å². The van der Waals surface area contributed by atoms with Crippen molar-refractivity contribution in [2.75, 3.05) is 19.6 Å². The van der Waals surface area contributed by atoms with Crippen LogP contribution in [0.25, 0.3) is 0 Å². The van der Waals surface area contributed by atoms with Gasteiger partial charge in [0.05, 0.1) is 0 Å². The van der Waals surface area contributed by atoms with E-state index in [0.717, 1.165) is 50.7 Å². The van der Waals surface area contributed by atoms with Gasteiger partial charge in [0, 0.05) is 12.5 Å². The Morgan fingerprint density at radius 1 is 1.05 bits per heavy atom. The number of hydrogen-bond acceptors (Lipinski definition) is 2. The minimum Gasteiger partial charge on any atom is -0.356 e. The molecule has 3 heteroatoms. The van der Waals surface area contributed by atoms with Gasteiger partial charge in [-0.15, -0.1) is 0 Å². The molecule has 1 saturated heterocycles. The van der Waals surface area contributed by atoms with Crippen LogP contribution in [0.2, 0.25) is 0 Å². The first kappa shape index (κ1) is 16.8. The van der Waals surface area contributed by atoms with Gasteiger partial charge in [-0.3, -0.25) is 4.79 Å². The van der Waals surface area contributed by atoms with Crippen LogP contribution in [-0.2, 0) is 4.79 Å². The first-order valence-corrected chi connectivity index (χ1v) is 8.95. The molecule has 0 bridgehead atoms. The molecule has 0 atom stereocenters. The lowest BCUT2D eigenvalue weighted by atomic mass is 9.69. The Balaban J connectivity index is 1.63. The third-order valence-corrected chi connectivity index (χ3v) is 5.63. The van der Waals surface area contributed by atoms with E-state index in [1.807, 2.05) is 0 Å². The summed E-state index contributed by atoms with van der Waals surface area (Å²) in [5, 5.41) is 6.59. The summed E-state index contributed by atoms with van der Waals surface area (Å²) >= 11 is 0. The second-order valence-electron chi connectivity index (χ2n) is 8.19. The molecule has 3 nitrogen and oxygen atoms in total. The molecule has 0 aromatic heterocycles. The quantitative estimate of drug-likeness (QED) is 0.835. The van der Waals surface area contributed by atoms with Crippen LogP contribution in [0.3, 0.4) is 0 Å². The molecule has 0 spiro atoms. The van der Waals surface area contributed by atoms with Gasteiger partial charge in [0.2, 0.25) is 5.91 Å². The smallest absolute Gasteiger partial charge is 0.223 e. The first-order chi connectivity index (χ1) is 9.97. The van der Waals surface area contributed by atoms with Gasteiger partial charge >= 0.3 is 0 Å². The summed E-state index contributed by atoms with van der Waals surface area (Å²) in [6, 6.07) is 0. The highest BCUT2D eigenvalue weighted by molar-refractivity contribution is 5.78. The van der Waals surface area contributed by atoms with Crippen LogP contribution in [0.4, 0.5) is 0 Å². The molecule has 1 saturated carbocycles. The number of piperidine rings is 1. The van der Waals surface area contributed by atoms with Gasteiger partial charge in [0.1, 0.15) is 0 Å². The predicted octanol–water partition coefficient (Wildman–Crippen LogP) is 3.34. The monoisotopic (exact) mass is 294 g/mol. The van der Waals surface area contributed by atoms with E-state index in [2.05, 4.69) is 31.4 Å². The number of carbonyl (C=O) groups excluding carboxylic acids is 1. The number of carbonyl (C=O) groups is 1. The average molecular weight is 294 g/mol. The van der Waals surface area contributed by atoms with Crippen molar-refractivity contribution in [3.05, 3.63) is 0 Å². The number of hydrogen-bond donors (Lipinski definition) is 2. The molecule has 1 amide bonds. The maximum absolute atomic E-state index is 12.3. The fraction of sp³-hybridized carbons (Fsp3) is 0.944. The Hall–Kier alpha value is -0.570. The highest BCUT2D eigenvalue weighted by atomic mass is 16.1.